The number of nitrogens with one attached hydrogen (secondary N) is 3. The van der Waals surface area contributed by atoms with E-state index in [0.717, 1.165) is 102 Å². The molecule has 3 N–H and O–H groups in total. The van der Waals surface area contributed by atoms with E-state index in [-0.39, 0.29) is 17.3 Å². The van der Waals surface area contributed by atoms with Gasteiger partial charge in [0.15, 0.2) is 17.3 Å². The van der Waals surface area contributed by atoms with Gasteiger partial charge in [0.2, 0.25) is 0 Å². The maximum absolute atomic E-state index is 12.5. The van der Waals surface area contributed by atoms with E-state index in [1.807, 2.05) is 127 Å². The van der Waals surface area contributed by atoms with Gasteiger partial charge < -0.3 is 29.2 Å². The topological polar surface area (TPSA) is 202 Å². The molecule has 78 heavy (non-hydrogen) atoms. The largest absolute Gasteiger partial charge is 0.497 e. The zero-order valence-corrected chi connectivity index (χ0v) is 43.6. The lowest BCUT2D eigenvalue weighted by Gasteiger charge is -2.03. The standard InChI is InChI=1S/3C21H19N3O2/c3*1-26-16-5-2-4-14(10-16)7-8-20(25)15-11-18(23-12-15)21-17-6-3-9-22-19(17)13-24-21/h3*2-6,9-12,23H,7-8,13H2,1H3. The Morgan fingerprint density at radius 2 is 0.718 bits per heavy atom. The lowest BCUT2D eigenvalue weighted by Crippen LogP contribution is -2.02. The summed E-state index contributed by atoms with van der Waals surface area (Å²) < 4.78 is 15.7. The van der Waals surface area contributed by atoms with Gasteiger partial charge in [-0.3, -0.25) is 44.3 Å². The molecule has 0 fully saturated rings. The van der Waals surface area contributed by atoms with Gasteiger partial charge in [-0.05, 0) is 127 Å². The van der Waals surface area contributed by atoms with Crippen LogP contribution >= 0.6 is 0 Å². The molecule has 3 aromatic carbocycles. The minimum atomic E-state index is 0.111. The maximum atomic E-state index is 12.5. The van der Waals surface area contributed by atoms with Crippen molar-refractivity contribution < 1.29 is 28.6 Å². The van der Waals surface area contributed by atoms with Crippen LogP contribution in [0.2, 0.25) is 0 Å². The Bertz CT molecular complexity index is 3350. The molecule has 12 rings (SSSR count). The van der Waals surface area contributed by atoms with E-state index in [1.165, 1.54) is 0 Å². The molecule has 9 aromatic rings. The maximum Gasteiger partial charge on any atom is 0.164 e. The number of Topliss-reactive ketones (excluding diaryl/α,β-unsaturated/α-hetero) is 3. The predicted molar refractivity (Wildman–Crippen MR) is 300 cm³/mol. The first-order valence-electron chi connectivity index (χ1n) is 25.7. The molecule has 3 aliphatic rings. The fraction of sp³-hybridized carbons (Fsp3) is 0.190. The summed E-state index contributed by atoms with van der Waals surface area (Å²) in [6, 6.07) is 40.9. The molecule has 0 saturated heterocycles. The number of aromatic nitrogens is 6. The van der Waals surface area contributed by atoms with Gasteiger partial charge in [-0.2, -0.15) is 0 Å². The van der Waals surface area contributed by atoms with Crippen LogP contribution in [0.1, 0.15) is 118 Å². The van der Waals surface area contributed by atoms with E-state index in [0.29, 0.717) is 74.8 Å². The van der Waals surface area contributed by atoms with Crippen molar-refractivity contribution in [3.05, 3.63) is 249 Å². The fourth-order valence-corrected chi connectivity index (χ4v) is 9.51. The summed E-state index contributed by atoms with van der Waals surface area (Å²) in [6.07, 6.45) is 14.0. The normalized spacial score (nSPS) is 12.6. The number of carbonyl (C=O) groups excluding carboxylic acids is 3. The molecule has 15 nitrogen and oxygen atoms in total. The number of carbonyl (C=O) groups is 3. The van der Waals surface area contributed by atoms with Crippen molar-refractivity contribution in [2.24, 2.45) is 15.0 Å². The SMILES string of the molecule is COc1cccc(CCC(=O)c2c[nH]c(C3=NCc4ncccc43)c2)c1.COc1cccc(CCC(=O)c2c[nH]c(C3=NCc4ncccc43)c2)c1.COc1cccc(CCC(=O)c2c[nH]c(C3=NCc4ncccc43)c2)c1. The number of fused-ring (bicyclic) bond motifs is 3. The van der Waals surface area contributed by atoms with Crippen LogP contribution in [-0.2, 0) is 38.9 Å². The van der Waals surface area contributed by atoms with Crippen LogP contribution in [0.5, 0.6) is 17.2 Å². The van der Waals surface area contributed by atoms with Crippen molar-refractivity contribution in [2.75, 3.05) is 21.3 Å². The minimum absolute atomic E-state index is 0.111. The number of benzene rings is 3. The summed E-state index contributed by atoms with van der Waals surface area (Å²) in [4.78, 5) is 73.9. The second kappa shape index (κ2) is 24.4. The molecule has 0 aliphatic carbocycles. The minimum Gasteiger partial charge on any atom is -0.497 e. The van der Waals surface area contributed by atoms with Crippen molar-refractivity contribution in [3.63, 3.8) is 0 Å². The Kier molecular flexibility index (Phi) is 16.2. The number of hydrogen-bond acceptors (Lipinski definition) is 12. The molecular weight excluding hydrogens is 979 g/mol. The third-order valence-electron chi connectivity index (χ3n) is 13.7. The fourth-order valence-electron chi connectivity index (χ4n) is 9.51. The molecule has 0 atom stereocenters. The zero-order chi connectivity index (χ0) is 53.8. The molecule has 390 valence electrons. The van der Waals surface area contributed by atoms with Crippen LogP contribution in [0.15, 0.2) is 180 Å². The predicted octanol–water partition coefficient (Wildman–Crippen LogP) is 10.8. The molecule has 0 saturated carbocycles. The molecule has 0 spiro atoms. The van der Waals surface area contributed by atoms with E-state index in [9.17, 15) is 14.4 Å². The second-order valence-corrected chi connectivity index (χ2v) is 18.7. The Labute approximate surface area is 451 Å². The van der Waals surface area contributed by atoms with Gasteiger partial charge in [0, 0.05) is 89.8 Å². The lowest BCUT2D eigenvalue weighted by molar-refractivity contribution is 0.0975. The average Bonchev–Trinajstić information content (AvgIpc) is 4.44. The summed E-state index contributed by atoms with van der Waals surface area (Å²) in [5.74, 6) is 2.77. The number of aryl methyl sites for hydroxylation is 3. The van der Waals surface area contributed by atoms with E-state index >= 15 is 0 Å². The second-order valence-electron chi connectivity index (χ2n) is 18.7. The van der Waals surface area contributed by atoms with Gasteiger partial charge in [-0.25, -0.2) is 0 Å². The number of H-pyrrole nitrogens is 3. The van der Waals surface area contributed by atoms with Crippen LogP contribution in [0.3, 0.4) is 0 Å². The van der Waals surface area contributed by atoms with Gasteiger partial charge in [0.05, 0.1) is 92.3 Å². The first-order valence-corrected chi connectivity index (χ1v) is 25.7. The van der Waals surface area contributed by atoms with Gasteiger partial charge in [0.1, 0.15) is 17.2 Å². The van der Waals surface area contributed by atoms with Crippen molar-refractivity contribution in [1.29, 1.82) is 0 Å². The number of pyridine rings is 3. The third kappa shape index (κ3) is 12.2. The first-order chi connectivity index (χ1) is 38.2. The van der Waals surface area contributed by atoms with Crippen LogP contribution in [0, 0.1) is 0 Å². The summed E-state index contributed by atoms with van der Waals surface area (Å²) >= 11 is 0. The number of aliphatic imine (C=N–C) groups is 3. The van der Waals surface area contributed by atoms with Crippen molar-refractivity contribution in [1.82, 2.24) is 29.9 Å². The van der Waals surface area contributed by atoms with Gasteiger partial charge in [0.25, 0.3) is 0 Å². The molecule has 0 bridgehead atoms. The Morgan fingerprint density at radius 3 is 1.01 bits per heavy atom. The van der Waals surface area contributed by atoms with Gasteiger partial charge in [-0.1, -0.05) is 36.4 Å². The molecule has 6 aromatic heterocycles. The van der Waals surface area contributed by atoms with Crippen LogP contribution in [0.4, 0.5) is 0 Å². The van der Waals surface area contributed by atoms with Crippen LogP contribution in [0.25, 0.3) is 0 Å². The number of rotatable bonds is 18. The summed E-state index contributed by atoms with van der Waals surface area (Å²) in [6.45, 7) is 1.76. The zero-order valence-electron chi connectivity index (χ0n) is 43.6. The smallest absolute Gasteiger partial charge is 0.164 e. The number of ketones is 3. The highest BCUT2D eigenvalue weighted by molar-refractivity contribution is 6.16. The lowest BCUT2D eigenvalue weighted by atomic mass is 10.0. The number of nitrogens with zero attached hydrogens (tertiary/aromatic N) is 6. The van der Waals surface area contributed by atoms with Crippen molar-refractivity contribution >= 4 is 34.5 Å². The Morgan fingerprint density at radius 1 is 0.410 bits per heavy atom. The van der Waals surface area contributed by atoms with Crippen LogP contribution < -0.4 is 14.2 Å². The van der Waals surface area contributed by atoms with Gasteiger partial charge >= 0.3 is 0 Å². The molecule has 15 heteroatoms. The van der Waals surface area contributed by atoms with E-state index in [2.05, 4.69) is 44.9 Å². The molecule has 0 amide bonds. The molecule has 0 unspecified atom stereocenters. The molecule has 3 aliphatic heterocycles. The summed E-state index contributed by atoms with van der Waals surface area (Å²) in [5, 5.41) is 0. The number of methoxy groups -OCH3 is 3. The third-order valence-corrected chi connectivity index (χ3v) is 13.7. The number of aromatic amines is 3. The van der Waals surface area contributed by atoms with E-state index in [1.54, 1.807) is 58.5 Å². The quantitative estimate of drug-likeness (QED) is 0.0699. The highest BCUT2D eigenvalue weighted by Gasteiger charge is 2.23. The highest BCUT2D eigenvalue weighted by Crippen LogP contribution is 2.26. The monoisotopic (exact) mass is 1040 g/mol. The first kappa shape index (κ1) is 51.8. The molecular formula is C63H57N9O6. The molecule has 0 radical (unpaired) electrons. The van der Waals surface area contributed by atoms with E-state index in [4.69, 9.17) is 14.2 Å². The van der Waals surface area contributed by atoms with Crippen LogP contribution in [-0.4, -0.2) is 85.7 Å². The Balaban J connectivity index is 0.000000132. The number of ether oxygens (including phenoxy) is 3. The summed E-state index contributed by atoms with van der Waals surface area (Å²) in [7, 11) is 4.93. The number of hydrogen-bond donors (Lipinski definition) is 3. The highest BCUT2D eigenvalue weighted by atomic mass is 16.5. The Hall–Kier alpha value is -9.63. The van der Waals surface area contributed by atoms with Crippen molar-refractivity contribution in [3.8, 4) is 17.2 Å². The van der Waals surface area contributed by atoms with Crippen molar-refractivity contribution in [2.45, 2.75) is 58.2 Å². The summed E-state index contributed by atoms with van der Waals surface area (Å²) in [5.41, 5.74) is 16.6. The van der Waals surface area contributed by atoms with E-state index < -0.39 is 0 Å². The average molecular weight is 1040 g/mol. The molecule has 9 heterocycles. The van der Waals surface area contributed by atoms with Gasteiger partial charge in [-0.15, -0.1) is 0 Å².